The molecule has 0 saturated heterocycles. The zero-order valence-corrected chi connectivity index (χ0v) is 15.9. The van der Waals surface area contributed by atoms with Crippen molar-refractivity contribution in [3.8, 4) is 0 Å². The number of aryl methyl sites for hydroxylation is 1. The van der Waals surface area contributed by atoms with Gasteiger partial charge in [0, 0.05) is 12.7 Å². The van der Waals surface area contributed by atoms with E-state index in [9.17, 15) is 18.0 Å². The Bertz CT molecular complexity index is 925. The molecule has 0 aliphatic carbocycles. The van der Waals surface area contributed by atoms with E-state index in [1.54, 1.807) is 18.2 Å². The van der Waals surface area contributed by atoms with E-state index in [-0.39, 0.29) is 10.5 Å². The van der Waals surface area contributed by atoms with Crippen molar-refractivity contribution in [2.24, 2.45) is 0 Å². The maximum Gasteiger partial charge on any atom is 0.338 e. The maximum absolute atomic E-state index is 12.1. The number of sulfonamides is 1. The van der Waals surface area contributed by atoms with Crippen LogP contribution in [0.25, 0.3) is 0 Å². The third-order valence-corrected chi connectivity index (χ3v) is 5.31. The third-order valence-electron chi connectivity index (χ3n) is 3.62. The molecule has 2 rings (SSSR count). The van der Waals surface area contributed by atoms with E-state index in [2.05, 4.69) is 10.2 Å². The van der Waals surface area contributed by atoms with Gasteiger partial charge in [-0.05, 0) is 48.9 Å². The molecule has 0 aliphatic rings. The summed E-state index contributed by atoms with van der Waals surface area (Å²) < 4.78 is 29.8. The average Bonchev–Trinajstić information content (AvgIpc) is 2.65. The monoisotopic (exact) mass is 392 g/mol. The molecule has 0 saturated carbocycles. The van der Waals surface area contributed by atoms with Crippen LogP contribution in [0, 0.1) is 6.92 Å². The molecule has 0 fully saturated rings. The number of hydroxylamine groups is 1. The Morgan fingerprint density at radius 3 is 2.37 bits per heavy atom. The molecule has 0 unspecified atom stereocenters. The molecular formula is C18H20N2O6S. The molecule has 0 atom stereocenters. The van der Waals surface area contributed by atoms with Crippen molar-refractivity contribution >= 4 is 27.6 Å². The second kappa shape index (κ2) is 8.76. The van der Waals surface area contributed by atoms with Crippen LogP contribution in [0.2, 0.25) is 0 Å². The van der Waals surface area contributed by atoms with Gasteiger partial charge in [0.1, 0.15) is 0 Å². The Morgan fingerprint density at radius 1 is 1.11 bits per heavy atom. The van der Waals surface area contributed by atoms with Gasteiger partial charge in [-0.1, -0.05) is 16.6 Å². The smallest absolute Gasteiger partial charge is 0.338 e. The van der Waals surface area contributed by atoms with Crippen LogP contribution >= 0.6 is 0 Å². The van der Waals surface area contributed by atoms with Crippen molar-refractivity contribution in [3.05, 3.63) is 59.7 Å². The number of rotatable bonds is 7. The Balaban J connectivity index is 1.95. The number of esters is 1. The second-order valence-corrected chi connectivity index (χ2v) is 7.55. The van der Waals surface area contributed by atoms with Gasteiger partial charge >= 0.3 is 5.97 Å². The van der Waals surface area contributed by atoms with E-state index < -0.39 is 28.5 Å². The number of amides is 1. The highest BCUT2D eigenvalue weighted by Crippen LogP contribution is 2.16. The van der Waals surface area contributed by atoms with Crippen molar-refractivity contribution in [1.29, 1.82) is 0 Å². The largest absolute Gasteiger partial charge is 0.452 e. The molecule has 0 heterocycles. The number of ether oxygens (including phenoxy) is 1. The van der Waals surface area contributed by atoms with Crippen molar-refractivity contribution < 1.29 is 27.6 Å². The van der Waals surface area contributed by atoms with Crippen LogP contribution in [0.3, 0.4) is 0 Å². The summed E-state index contributed by atoms with van der Waals surface area (Å²) in [5.41, 5.74) is 1.71. The van der Waals surface area contributed by atoms with Crippen LogP contribution in [0.1, 0.15) is 15.9 Å². The number of nitrogens with one attached hydrogen (secondary N) is 1. The van der Waals surface area contributed by atoms with E-state index in [0.717, 1.165) is 5.56 Å². The fourth-order valence-corrected chi connectivity index (χ4v) is 3.12. The quantitative estimate of drug-likeness (QED) is 0.571. The maximum atomic E-state index is 12.1. The molecule has 0 spiro atoms. The van der Waals surface area contributed by atoms with E-state index >= 15 is 0 Å². The van der Waals surface area contributed by atoms with Crippen LogP contribution in [0.15, 0.2) is 53.4 Å². The van der Waals surface area contributed by atoms with Crippen LogP contribution in [-0.4, -0.2) is 45.5 Å². The summed E-state index contributed by atoms with van der Waals surface area (Å²) in [6.45, 7) is 1.43. The van der Waals surface area contributed by atoms with Crippen LogP contribution < -0.4 is 5.32 Å². The van der Waals surface area contributed by atoms with Gasteiger partial charge in [-0.2, -0.15) is 0 Å². The van der Waals surface area contributed by atoms with Crippen molar-refractivity contribution in [2.45, 2.75) is 11.8 Å². The molecule has 144 valence electrons. The molecule has 27 heavy (non-hydrogen) atoms. The second-order valence-electron chi connectivity index (χ2n) is 5.62. The van der Waals surface area contributed by atoms with Gasteiger partial charge in [0.05, 0.1) is 17.6 Å². The molecular weight excluding hydrogens is 372 g/mol. The lowest BCUT2D eigenvalue weighted by Crippen LogP contribution is -2.25. The van der Waals surface area contributed by atoms with Crippen molar-refractivity contribution in [1.82, 2.24) is 4.47 Å². The number of hydrogen-bond acceptors (Lipinski definition) is 6. The molecule has 1 N–H and O–H groups in total. The van der Waals surface area contributed by atoms with Gasteiger partial charge in [0.2, 0.25) is 0 Å². The number of benzene rings is 2. The Morgan fingerprint density at radius 2 is 1.78 bits per heavy atom. The summed E-state index contributed by atoms with van der Waals surface area (Å²) in [5, 5.41) is 2.62. The molecule has 2 aromatic rings. The van der Waals surface area contributed by atoms with Crippen LogP contribution in [-0.2, 0) is 24.4 Å². The van der Waals surface area contributed by atoms with E-state index in [1.165, 1.54) is 38.4 Å². The predicted molar refractivity (Wildman–Crippen MR) is 98.5 cm³/mol. The third kappa shape index (κ3) is 5.36. The van der Waals surface area contributed by atoms with Crippen LogP contribution in [0.5, 0.6) is 0 Å². The molecule has 8 nitrogen and oxygen atoms in total. The molecule has 0 bridgehead atoms. The highest BCUT2D eigenvalue weighted by molar-refractivity contribution is 7.89. The Hall–Kier alpha value is -2.75. The number of carbonyl (C=O) groups excluding carboxylic acids is 2. The molecule has 0 radical (unpaired) electrons. The predicted octanol–water partition coefficient (Wildman–Crippen LogP) is 1.97. The number of nitrogens with zero attached hydrogens (tertiary/aromatic N) is 1. The lowest BCUT2D eigenvalue weighted by atomic mass is 10.2. The number of anilines is 1. The summed E-state index contributed by atoms with van der Waals surface area (Å²) in [5.74, 6) is -1.21. The SMILES string of the molecule is CON(C)S(=O)(=O)c1ccc(C(=O)OCC(=O)Nc2cccc(C)c2)cc1. The summed E-state index contributed by atoms with van der Waals surface area (Å²) in [6, 6.07) is 12.3. The molecule has 1 amide bonds. The van der Waals surface area contributed by atoms with E-state index in [0.29, 0.717) is 10.2 Å². The van der Waals surface area contributed by atoms with Gasteiger partial charge in [-0.25, -0.2) is 13.2 Å². The van der Waals surface area contributed by atoms with Crippen molar-refractivity contribution in [2.75, 3.05) is 26.1 Å². The van der Waals surface area contributed by atoms with Gasteiger partial charge in [0.15, 0.2) is 6.61 Å². The van der Waals surface area contributed by atoms with Crippen molar-refractivity contribution in [3.63, 3.8) is 0 Å². The number of carbonyl (C=O) groups is 2. The van der Waals surface area contributed by atoms with Gasteiger partial charge in [-0.15, -0.1) is 0 Å². The van der Waals surface area contributed by atoms with E-state index in [1.807, 2.05) is 13.0 Å². The lowest BCUT2D eigenvalue weighted by molar-refractivity contribution is -0.119. The van der Waals surface area contributed by atoms with E-state index in [4.69, 9.17) is 4.74 Å². The summed E-state index contributed by atoms with van der Waals surface area (Å²) in [6.07, 6.45) is 0. The van der Waals surface area contributed by atoms with Crippen LogP contribution in [0.4, 0.5) is 5.69 Å². The fraction of sp³-hybridized carbons (Fsp3) is 0.222. The Kier molecular flexibility index (Phi) is 6.67. The average molecular weight is 392 g/mol. The highest BCUT2D eigenvalue weighted by atomic mass is 32.2. The minimum absolute atomic E-state index is 0.0411. The van der Waals surface area contributed by atoms with Gasteiger partial charge < -0.3 is 10.1 Å². The minimum Gasteiger partial charge on any atom is -0.452 e. The molecule has 0 aromatic heterocycles. The normalized spacial score (nSPS) is 11.3. The first-order valence-corrected chi connectivity index (χ1v) is 9.35. The minimum atomic E-state index is -3.80. The molecule has 0 aliphatic heterocycles. The number of hydrogen-bond donors (Lipinski definition) is 1. The topological polar surface area (TPSA) is 102 Å². The molecule has 2 aromatic carbocycles. The Labute approximate surface area is 157 Å². The summed E-state index contributed by atoms with van der Waals surface area (Å²) in [7, 11) is -1.32. The summed E-state index contributed by atoms with van der Waals surface area (Å²) >= 11 is 0. The standard InChI is InChI=1S/C18H20N2O6S/c1-13-5-4-6-15(11-13)19-17(21)12-26-18(22)14-7-9-16(10-8-14)27(23,24)20(2)25-3/h4-11H,12H2,1-3H3,(H,19,21). The highest BCUT2D eigenvalue weighted by Gasteiger charge is 2.21. The first-order valence-electron chi connectivity index (χ1n) is 7.91. The fourth-order valence-electron chi connectivity index (χ4n) is 2.14. The zero-order valence-electron chi connectivity index (χ0n) is 15.1. The lowest BCUT2D eigenvalue weighted by Gasteiger charge is -2.14. The van der Waals surface area contributed by atoms with Gasteiger partial charge in [-0.3, -0.25) is 9.63 Å². The first-order chi connectivity index (χ1) is 12.7. The summed E-state index contributed by atoms with van der Waals surface area (Å²) in [4.78, 5) is 28.5. The first kappa shape index (κ1) is 20.6. The van der Waals surface area contributed by atoms with Gasteiger partial charge in [0.25, 0.3) is 15.9 Å². The molecule has 9 heteroatoms. The zero-order chi connectivity index (χ0) is 20.0.